The van der Waals surface area contributed by atoms with Gasteiger partial charge < -0.3 is 5.32 Å². The van der Waals surface area contributed by atoms with Crippen molar-refractivity contribution in [2.45, 2.75) is 44.0 Å². The van der Waals surface area contributed by atoms with Gasteiger partial charge in [-0.2, -0.15) is 9.40 Å². The van der Waals surface area contributed by atoms with Gasteiger partial charge in [-0.05, 0) is 41.7 Å². The topological polar surface area (TPSA) is 108 Å². The summed E-state index contributed by atoms with van der Waals surface area (Å²) in [6.45, 7) is 6.77. The summed E-state index contributed by atoms with van der Waals surface area (Å²) in [5, 5.41) is 10.9. The van der Waals surface area contributed by atoms with E-state index in [0.717, 1.165) is 16.5 Å². The highest BCUT2D eigenvalue weighted by atomic mass is 32.2. The molecule has 0 spiro atoms. The van der Waals surface area contributed by atoms with Crippen LogP contribution in [0.3, 0.4) is 0 Å². The first kappa shape index (κ1) is 23.2. The second-order valence-corrected chi connectivity index (χ2v) is 11.6. The number of carbonyl (C=O) groups is 1. The Hall–Kier alpha value is -3.56. The molecule has 5 rings (SSSR count). The lowest BCUT2D eigenvalue weighted by molar-refractivity contribution is 0.102. The molecule has 2 aromatic carbocycles. The molecule has 8 nitrogen and oxygen atoms in total. The van der Waals surface area contributed by atoms with E-state index in [2.05, 4.69) is 41.3 Å². The Morgan fingerprint density at radius 3 is 2.54 bits per heavy atom. The van der Waals surface area contributed by atoms with Crippen molar-refractivity contribution in [3.8, 4) is 0 Å². The molecule has 0 radical (unpaired) electrons. The third kappa shape index (κ3) is 4.33. The number of nitrogens with one attached hydrogen (secondary N) is 2. The largest absolute Gasteiger partial charge is 0.307 e. The molecule has 180 valence electrons. The van der Waals surface area contributed by atoms with E-state index in [9.17, 15) is 13.2 Å². The Labute approximate surface area is 204 Å². The number of benzene rings is 2. The third-order valence-corrected chi connectivity index (χ3v) is 8.23. The fourth-order valence-corrected chi connectivity index (χ4v) is 5.89. The maximum absolute atomic E-state index is 13.5. The van der Waals surface area contributed by atoms with Crippen molar-refractivity contribution in [2.24, 2.45) is 0 Å². The molecule has 35 heavy (non-hydrogen) atoms. The van der Waals surface area contributed by atoms with Crippen LogP contribution in [0.4, 0.5) is 5.82 Å². The number of nitrogens with zero attached hydrogens (tertiary/aromatic N) is 3. The van der Waals surface area contributed by atoms with Crippen LogP contribution in [-0.4, -0.2) is 40.4 Å². The van der Waals surface area contributed by atoms with Gasteiger partial charge in [-0.3, -0.25) is 14.9 Å². The maximum Gasteiger partial charge on any atom is 0.256 e. The number of amides is 1. The van der Waals surface area contributed by atoms with Gasteiger partial charge in [0.1, 0.15) is 10.7 Å². The minimum absolute atomic E-state index is 0.00572. The second-order valence-electron chi connectivity index (χ2n) is 9.73. The zero-order valence-corrected chi connectivity index (χ0v) is 20.7. The van der Waals surface area contributed by atoms with E-state index in [-0.39, 0.29) is 29.3 Å². The van der Waals surface area contributed by atoms with E-state index in [0.29, 0.717) is 29.0 Å². The van der Waals surface area contributed by atoms with Crippen LogP contribution in [0.2, 0.25) is 0 Å². The van der Waals surface area contributed by atoms with Crippen LogP contribution in [0.15, 0.2) is 65.7 Å². The van der Waals surface area contributed by atoms with Crippen LogP contribution in [0.5, 0.6) is 0 Å². The summed E-state index contributed by atoms with van der Waals surface area (Å²) in [5.41, 5.74) is 3.58. The van der Waals surface area contributed by atoms with Gasteiger partial charge in [-0.15, -0.1) is 0 Å². The fourth-order valence-electron chi connectivity index (χ4n) is 4.32. The predicted molar refractivity (Wildman–Crippen MR) is 135 cm³/mol. The van der Waals surface area contributed by atoms with E-state index in [4.69, 9.17) is 0 Å². The maximum atomic E-state index is 13.5. The first-order chi connectivity index (χ1) is 16.6. The Kier molecular flexibility index (Phi) is 5.69. The summed E-state index contributed by atoms with van der Waals surface area (Å²) in [5.74, 6) is 0.266. The van der Waals surface area contributed by atoms with Crippen molar-refractivity contribution in [1.29, 1.82) is 0 Å². The molecule has 0 unspecified atom stereocenters. The van der Waals surface area contributed by atoms with Crippen molar-refractivity contribution >= 4 is 32.7 Å². The summed E-state index contributed by atoms with van der Waals surface area (Å²) in [6, 6.07) is 16.3. The quantitative estimate of drug-likeness (QED) is 0.445. The standard InChI is InChI=1S/C26H27N5O3S/c1-26(2,3)19-11-9-18(10-12-19)25(32)28-24-20-13-15-31(16-21(20)29-30-24)35(33,34)22-8-4-6-17-7-5-14-27-23(17)22/h4-12,14H,13,15-16H2,1-3H3,(H2,28,29,30,32). The van der Waals surface area contributed by atoms with Crippen molar-refractivity contribution in [3.63, 3.8) is 0 Å². The van der Waals surface area contributed by atoms with Crippen LogP contribution in [0.1, 0.15) is 48.0 Å². The Morgan fingerprint density at radius 2 is 1.80 bits per heavy atom. The number of rotatable bonds is 4. The molecule has 2 N–H and O–H groups in total. The number of hydrogen-bond acceptors (Lipinski definition) is 5. The molecule has 2 aromatic heterocycles. The smallest absolute Gasteiger partial charge is 0.256 e. The monoisotopic (exact) mass is 489 g/mol. The number of anilines is 1. The highest BCUT2D eigenvalue weighted by Gasteiger charge is 2.32. The molecule has 0 aliphatic carbocycles. The number of aromatic amines is 1. The molecule has 1 aliphatic rings. The molecule has 4 aromatic rings. The van der Waals surface area contributed by atoms with Crippen LogP contribution >= 0.6 is 0 Å². The highest BCUT2D eigenvalue weighted by Crippen LogP contribution is 2.30. The lowest BCUT2D eigenvalue weighted by atomic mass is 9.87. The molecule has 9 heteroatoms. The number of aromatic nitrogens is 3. The molecular formula is C26H27N5O3S. The number of hydrogen-bond donors (Lipinski definition) is 2. The van der Waals surface area contributed by atoms with Crippen molar-refractivity contribution in [3.05, 3.63) is 83.2 Å². The zero-order chi connectivity index (χ0) is 24.8. The number of para-hydroxylation sites is 1. The van der Waals surface area contributed by atoms with Gasteiger partial charge in [-0.25, -0.2) is 8.42 Å². The Morgan fingerprint density at radius 1 is 1.06 bits per heavy atom. The van der Waals surface area contributed by atoms with Crippen LogP contribution in [0.25, 0.3) is 10.9 Å². The minimum Gasteiger partial charge on any atom is -0.307 e. The third-order valence-electron chi connectivity index (χ3n) is 6.36. The van der Waals surface area contributed by atoms with Crippen molar-refractivity contribution in [2.75, 3.05) is 11.9 Å². The molecule has 0 bridgehead atoms. The zero-order valence-electron chi connectivity index (χ0n) is 19.9. The highest BCUT2D eigenvalue weighted by molar-refractivity contribution is 7.89. The first-order valence-electron chi connectivity index (χ1n) is 11.5. The lowest BCUT2D eigenvalue weighted by Gasteiger charge is -2.26. The first-order valence-corrected chi connectivity index (χ1v) is 12.9. The van der Waals surface area contributed by atoms with E-state index in [1.165, 1.54) is 4.31 Å². The molecule has 0 saturated carbocycles. The normalized spacial score (nSPS) is 14.6. The SMILES string of the molecule is CC(C)(C)c1ccc(C(=O)Nc2[nH]nc3c2CCN(S(=O)(=O)c2cccc4cccnc24)C3)cc1. The van der Waals surface area contributed by atoms with Gasteiger partial charge >= 0.3 is 0 Å². The predicted octanol–water partition coefficient (Wildman–Crippen LogP) is 4.25. The second kappa shape index (κ2) is 8.58. The molecule has 1 aliphatic heterocycles. The van der Waals surface area contributed by atoms with E-state index >= 15 is 0 Å². The Balaban J connectivity index is 1.35. The van der Waals surface area contributed by atoms with Gasteiger partial charge in [-0.1, -0.05) is 51.1 Å². The number of carbonyl (C=O) groups excluding carboxylic acids is 1. The summed E-state index contributed by atoms with van der Waals surface area (Å²) in [7, 11) is -3.77. The lowest BCUT2D eigenvalue weighted by Crippen LogP contribution is -2.36. The summed E-state index contributed by atoms with van der Waals surface area (Å²) < 4.78 is 28.3. The Bertz CT molecular complexity index is 1510. The van der Waals surface area contributed by atoms with Crippen LogP contribution < -0.4 is 5.32 Å². The number of pyridine rings is 1. The van der Waals surface area contributed by atoms with Gasteiger partial charge in [0.15, 0.2) is 0 Å². The molecule has 1 amide bonds. The van der Waals surface area contributed by atoms with Gasteiger partial charge in [0, 0.05) is 29.3 Å². The van der Waals surface area contributed by atoms with Crippen molar-refractivity contribution in [1.82, 2.24) is 19.5 Å². The molecule has 3 heterocycles. The van der Waals surface area contributed by atoms with Crippen molar-refractivity contribution < 1.29 is 13.2 Å². The van der Waals surface area contributed by atoms with Gasteiger partial charge in [0.05, 0.1) is 17.8 Å². The fraction of sp³-hybridized carbons (Fsp3) is 0.269. The number of fused-ring (bicyclic) bond motifs is 2. The van der Waals surface area contributed by atoms with Gasteiger partial charge in [0.2, 0.25) is 10.0 Å². The van der Waals surface area contributed by atoms with E-state index < -0.39 is 10.0 Å². The van der Waals surface area contributed by atoms with Crippen LogP contribution in [0, 0.1) is 0 Å². The summed E-state index contributed by atoms with van der Waals surface area (Å²) in [4.78, 5) is 17.3. The average Bonchev–Trinajstić information content (AvgIpc) is 3.25. The average molecular weight is 490 g/mol. The number of H-pyrrole nitrogens is 1. The van der Waals surface area contributed by atoms with Gasteiger partial charge in [0.25, 0.3) is 5.91 Å². The van der Waals surface area contributed by atoms with Crippen LogP contribution in [-0.2, 0) is 28.4 Å². The summed E-state index contributed by atoms with van der Waals surface area (Å²) in [6.07, 6.45) is 2.02. The molecule has 0 saturated heterocycles. The van der Waals surface area contributed by atoms with E-state index in [1.807, 2.05) is 36.4 Å². The van der Waals surface area contributed by atoms with E-state index in [1.54, 1.807) is 24.4 Å². The molecular weight excluding hydrogens is 462 g/mol. The molecule has 0 atom stereocenters. The minimum atomic E-state index is -3.77. The summed E-state index contributed by atoms with van der Waals surface area (Å²) >= 11 is 0. The molecule has 0 fully saturated rings. The number of sulfonamides is 1.